The molecule has 0 saturated heterocycles. The predicted molar refractivity (Wildman–Crippen MR) is 143 cm³/mol. The highest BCUT2D eigenvalue weighted by atomic mass is 32.2. The molecule has 8 heteroatoms. The number of fused-ring (bicyclic) bond motifs is 1. The summed E-state index contributed by atoms with van der Waals surface area (Å²) < 4.78 is 13.5. The van der Waals surface area contributed by atoms with E-state index >= 15 is 0 Å². The first-order chi connectivity index (χ1) is 17.5. The van der Waals surface area contributed by atoms with Gasteiger partial charge in [-0.05, 0) is 55.5 Å². The van der Waals surface area contributed by atoms with Gasteiger partial charge in [-0.2, -0.15) is 4.98 Å². The summed E-state index contributed by atoms with van der Waals surface area (Å²) in [4.78, 5) is 17.9. The molecule has 36 heavy (non-hydrogen) atoms. The van der Waals surface area contributed by atoms with E-state index in [1.807, 2.05) is 43.3 Å². The van der Waals surface area contributed by atoms with Crippen molar-refractivity contribution in [1.82, 2.24) is 14.8 Å². The molecule has 1 aliphatic rings. The zero-order valence-electron chi connectivity index (χ0n) is 21.4. The van der Waals surface area contributed by atoms with Crippen LogP contribution >= 0.6 is 11.8 Å². The molecule has 0 fully saturated rings. The lowest BCUT2D eigenvalue weighted by molar-refractivity contribution is -0.139. The Kier molecular flexibility index (Phi) is 8.70. The van der Waals surface area contributed by atoms with E-state index in [-0.39, 0.29) is 5.97 Å². The lowest BCUT2D eigenvalue weighted by Crippen LogP contribution is -2.29. The monoisotopic (exact) mass is 506 g/mol. The number of thioether (sulfide) groups is 1. The fraction of sp³-hybridized carbons (Fsp3) is 0.393. The second kappa shape index (κ2) is 12.1. The Morgan fingerprint density at radius 2 is 1.86 bits per heavy atom. The fourth-order valence-electron chi connectivity index (χ4n) is 4.02. The van der Waals surface area contributed by atoms with Crippen LogP contribution in [0.15, 0.2) is 65.0 Å². The second-order valence-corrected chi connectivity index (χ2v) is 9.91. The van der Waals surface area contributed by atoms with Crippen LogP contribution in [0.3, 0.4) is 0 Å². The number of benzene rings is 2. The highest BCUT2D eigenvalue weighted by molar-refractivity contribution is 7.99. The molecule has 7 nitrogen and oxygen atoms in total. The molecule has 0 amide bonds. The van der Waals surface area contributed by atoms with Crippen LogP contribution in [0.4, 0.5) is 5.95 Å². The Morgan fingerprint density at radius 3 is 2.58 bits per heavy atom. The number of nitrogens with zero attached hydrogens (tertiary/aromatic N) is 3. The minimum Gasteiger partial charge on any atom is -0.489 e. The van der Waals surface area contributed by atoms with Gasteiger partial charge in [-0.3, -0.25) is 0 Å². The zero-order valence-corrected chi connectivity index (χ0v) is 22.2. The number of aromatic nitrogens is 3. The smallest absolute Gasteiger partial charge is 0.338 e. The maximum Gasteiger partial charge on any atom is 0.338 e. The summed E-state index contributed by atoms with van der Waals surface area (Å²) in [5.74, 6) is 1.99. The first-order valence-corrected chi connectivity index (χ1v) is 13.5. The molecule has 0 radical (unpaired) electrons. The molecule has 0 saturated carbocycles. The summed E-state index contributed by atoms with van der Waals surface area (Å²) in [7, 11) is 0. The Bertz CT molecular complexity index is 1220. The van der Waals surface area contributed by atoms with E-state index in [4.69, 9.17) is 14.6 Å². The second-order valence-electron chi connectivity index (χ2n) is 8.85. The molecular weight excluding hydrogens is 472 g/mol. The third kappa shape index (κ3) is 5.93. The summed E-state index contributed by atoms with van der Waals surface area (Å²) >= 11 is 1.61. The van der Waals surface area contributed by atoms with Gasteiger partial charge in [-0.15, -0.1) is 5.10 Å². The summed E-state index contributed by atoms with van der Waals surface area (Å²) in [6, 6.07) is 15.6. The van der Waals surface area contributed by atoms with E-state index in [2.05, 4.69) is 43.2 Å². The Morgan fingerprint density at radius 1 is 1.08 bits per heavy atom. The molecule has 4 rings (SSSR count). The molecule has 3 aromatic rings. The van der Waals surface area contributed by atoms with Gasteiger partial charge in [0.05, 0.1) is 12.2 Å². The van der Waals surface area contributed by atoms with Gasteiger partial charge in [0.15, 0.2) is 0 Å². The quantitative estimate of drug-likeness (QED) is 0.186. The minimum absolute atomic E-state index is 0.331. The van der Waals surface area contributed by atoms with Crippen LogP contribution in [0.25, 0.3) is 0 Å². The molecule has 1 atom stereocenters. The van der Waals surface area contributed by atoms with Crippen LogP contribution in [0, 0.1) is 6.92 Å². The van der Waals surface area contributed by atoms with Gasteiger partial charge < -0.3 is 14.8 Å². The number of unbranched alkanes of at least 4 members (excludes halogenated alkanes) is 1. The molecule has 1 aromatic heterocycles. The number of hydrogen-bond acceptors (Lipinski definition) is 7. The minimum atomic E-state index is -0.440. The highest BCUT2D eigenvalue weighted by Crippen LogP contribution is 2.37. The normalized spacial score (nSPS) is 14.8. The topological polar surface area (TPSA) is 78.3 Å². The summed E-state index contributed by atoms with van der Waals surface area (Å²) in [6.45, 7) is 9.06. The van der Waals surface area contributed by atoms with Crippen molar-refractivity contribution < 1.29 is 14.3 Å². The van der Waals surface area contributed by atoms with Gasteiger partial charge >= 0.3 is 5.97 Å². The van der Waals surface area contributed by atoms with Gasteiger partial charge in [-0.25, -0.2) is 9.48 Å². The lowest BCUT2D eigenvalue weighted by atomic mass is 9.95. The van der Waals surface area contributed by atoms with Crippen LogP contribution in [0.5, 0.6) is 5.75 Å². The van der Waals surface area contributed by atoms with E-state index in [9.17, 15) is 4.79 Å². The van der Waals surface area contributed by atoms with Crippen molar-refractivity contribution in [3.63, 3.8) is 0 Å². The number of aryl methyl sites for hydroxylation is 1. The SMILES string of the molecule is CCCCOC(=O)C1=C(C)Nc2nc(SCCC)nn2C1c1ccc(OCc2ccccc2C)cc1. The van der Waals surface area contributed by atoms with E-state index in [1.54, 1.807) is 16.4 Å². The Labute approximate surface area is 217 Å². The number of hydrogen-bond donors (Lipinski definition) is 1. The summed E-state index contributed by atoms with van der Waals surface area (Å²) in [5, 5.41) is 8.70. The standard InChI is InChI=1S/C28H34N4O3S/c1-5-7-16-34-26(33)24-20(4)29-27-30-28(36-17-6-2)31-32(27)25(24)21-12-14-23(15-13-21)35-18-22-11-9-8-10-19(22)3/h8-15,25H,5-7,16-18H2,1-4H3,(H,29,30,31). The van der Waals surface area contributed by atoms with Gasteiger partial charge in [-0.1, -0.05) is 68.4 Å². The van der Waals surface area contributed by atoms with E-state index in [0.29, 0.717) is 29.9 Å². The zero-order chi connectivity index (χ0) is 25.5. The highest BCUT2D eigenvalue weighted by Gasteiger charge is 2.35. The first kappa shape index (κ1) is 25.8. The third-order valence-corrected chi connectivity index (χ3v) is 7.11. The number of rotatable bonds is 11. The first-order valence-electron chi connectivity index (χ1n) is 12.5. The molecule has 1 aliphatic heterocycles. The predicted octanol–water partition coefficient (Wildman–Crippen LogP) is 6.30. The summed E-state index contributed by atoms with van der Waals surface area (Å²) in [5.41, 5.74) is 4.54. The van der Waals surface area contributed by atoms with Gasteiger partial charge in [0.1, 0.15) is 18.4 Å². The lowest BCUT2D eigenvalue weighted by Gasteiger charge is -2.28. The van der Waals surface area contributed by atoms with E-state index in [1.165, 1.54) is 5.56 Å². The molecule has 2 heterocycles. The van der Waals surface area contributed by atoms with Gasteiger partial charge in [0, 0.05) is 11.4 Å². The van der Waals surface area contributed by atoms with Crippen molar-refractivity contribution in [2.24, 2.45) is 0 Å². The number of esters is 1. The molecule has 190 valence electrons. The number of carbonyl (C=O) groups excluding carboxylic acids is 1. The fourth-order valence-corrected chi connectivity index (χ4v) is 4.71. The molecule has 0 spiro atoms. The average Bonchev–Trinajstić information content (AvgIpc) is 3.29. The number of ether oxygens (including phenoxy) is 2. The number of nitrogens with one attached hydrogen (secondary N) is 1. The molecule has 0 bridgehead atoms. The van der Waals surface area contributed by atoms with Gasteiger partial charge in [0.2, 0.25) is 11.1 Å². The van der Waals surface area contributed by atoms with Crippen LogP contribution in [-0.2, 0) is 16.1 Å². The van der Waals surface area contributed by atoms with Crippen LogP contribution in [0.1, 0.15) is 62.8 Å². The van der Waals surface area contributed by atoms with Crippen LogP contribution in [0.2, 0.25) is 0 Å². The largest absolute Gasteiger partial charge is 0.489 e. The Hall–Kier alpha value is -3.26. The molecular formula is C28H34N4O3S. The molecule has 1 unspecified atom stereocenters. The van der Waals surface area contributed by atoms with Gasteiger partial charge in [0.25, 0.3) is 0 Å². The third-order valence-electron chi connectivity index (χ3n) is 6.07. The average molecular weight is 507 g/mol. The van der Waals surface area contributed by atoms with Crippen molar-refractivity contribution in [1.29, 1.82) is 0 Å². The van der Waals surface area contributed by atoms with Crippen molar-refractivity contribution in [2.45, 2.75) is 64.8 Å². The molecule has 0 aliphatic carbocycles. The number of carbonyl (C=O) groups is 1. The van der Waals surface area contributed by atoms with Crippen molar-refractivity contribution in [3.05, 3.63) is 76.5 Å². The number of anilines is 1. The maximum absolute atomic E-state index is 13.2. The van der Waals surface area contributed by atoms with E-state index in [0.717, 1.165) is 47.6 Å². The van der Waals surface area contributed by atoms with Crippen molar-refractivity contribution in [3.8, 4) is 5.75 Å². The Balaban J connectivity index is 1.61. The summed E-state index contributed by atoms with van der Waals surface area (Å²) in [6.07, 6.45) is 2.82. The molecule has 1 N–H and O–H groups in total. The van der Waals surface area contributed by atoms with Crippen LogP contribution < -0.4 is 10.1 Å². The number of allylic oxidation sites excluding steroid dienone is 1. The van der Waals surface area contributed by atoms with Crippen molar-refractivity contribution >= 4 is 23.7 Å². The van der Waals surface area contributed by atoms with Crippen molar-refractivity contribution in [2.75, 3.05) is 17.7 Å². The molecule has 2 aromatic carbocycles. The van der Waals surface area contributed by atoms with Crippen LogP contribution in [-0.4, -0.2) is 33.1 Å². The maximum atomic E-state index is 13.2. The van der Waals surface area contributed by atoms with E-state index < -0.39 is 6.04 Å².